The number of carbonyl (C=O) groups is 1. The van der Waals surface area contributed by atoms with E-state index in [9.17, 15) is 14.9 Å². The molecule has 2 aromatic carbocycles. The number of amides is 1. The predicted molar refractivity (Wildman–Crippen MR) is 88.2 cm³/mol. The Bertz CT molecular complexity index is 689. The molecule has 0 aliphatic rings. The van der Waals surface area contributed by atoms with E-state index in [1.54, 1.807) is 19.9 Å². The Morgan fingerprint density at radius 3 is 2.55 bits per heavy atom. The molecule has 0 radical (unpaired) electrons. The molecule has 2 rings (SSSR count). The summed E-state index contributed by atoms with van der Waals surface area (Å²) in [7, 11) is 0. The maximum absolute atomic E-state index is 12.2. The fourth-order valence-corrected chi connectivity index (χ4v) is 2.74. The lowest BCUT2D eigenvalue weighted by molar-refractivity contribution is -0.384. The third-order valence-electron chi connectivity index (χ3n) is 3.12. The second kappa shape index (κ2) is 7.09. The van der Waals surface area contributed by atoms with Crippen molar-refractivity contribution in [3.05, 3.63) is 64.2 Å². The van der Waals surface area contributed by atoms with E-state index in [2.05, 4.69) is 5.32 Å². The molecular formula is C16H16N2O3S. The van der Waals surface area contributed by atoms with Crippen molar-refractivity contribution in [3.63, 3.8) is 0 Å². The van der Waals surface area contributed by atoms with Gasteiger partial charge in [-0.25, -0.2) is 0 Å². The smallest absolute Gasteiger partial charge is 0.271 e. The van der Waals surface area contributed by atoms with Crippen LogP contribution in [0.4, 0.5) is 11.4 Å². The van der Waals surface area contributed by atoms with Crippen LogP contribution in [-0.4, -0.2) is 16.1 Å². The molecule has 0 bridgehead atoms. The van der Waals surface area contributed by atoms with E-state index in [1.807, 2.05) is 30.3 Å². The molecule has 5 nitrogen and oxygen atoms in total. The standard InChI is InChI=1S/C16H16N2O3S/c1-11-8-9-13(18(20)21)10-15(11)17-16(19)12(2)22-14-6-4-3-5-7-14/h3-10,12H,1-2H3,(H,17,19). The van der Waals surface area contributed by atoms with Crippen molar-refractivity contribution in [1.29, 1.82) is 0 Å². The number of hydrogen-bond donors (Lipinski definition) is 1. The Balaban J connectivity index is 2.08. The first-order valence-corrected chi connectivity index (χ1v) is 7.63. The minimum absolute atomic E-state index is 0.0377. The van der Waals surface area contributed by atoms with Crippen molar-refractivity contribution < 1.29 is 9.72 Å². The lowest BCUT2D eigenvalue weighted by Crippen LogP contribution is -2.22. The summed E-state index contributed by atoms with van der Waals surface area (Å²) in [5, 5.41) is 13.3. The van der Waals surface area contributed by atoms with Crippen LogP contribution in [0.2, 0.25) is 0 Å². The summed E-state index contributed by atoms with van der Waals surface area (Å²) in [5.41, 5.74) is 1.22. The normalized spacial score (nSPS) is 11.7. The van der Waals surface area contributed by atoms with Gasteiger partial charge in [0.1, 0.15) is 0 Å². The molecule has 0 aliphatic heterocycles. The maximum Gasteiger partial charge on any atom is 0.271 e. The molecule has 114 valence electrons. The van der Waals surface area contributed by atoms with Crippen molar-refractivity contribution in [2.24, 2.45) is 0 Å². The van der Waals surface area contributed by atoms with Gasteiger partial charge in [-0.1, -0.05) is 24.3 Å². The fourth-order valence-electron chi connectivity index (χ4n) is 1.85. The number of rotatable bonds is 5. The van der Waals surface area contributed by atoms with Crippen LogP contribution in [-0.2, 0) is 4.79 Å². The highest BCUT2D eigenvalue weighted by Crippen LogP contribution is 2.26. The molecule has 6 heteroatoms. The largest absolute Gasteiger partial charge is 0.325 e. The van der Waals surface area contributed by atoms with Gasteiger partial charge >= 0.3 is 0 Å². The first kappa shape index (κ1) is 16.0. The monoisotopic (exact) mass is 316 g/mol. The molecule has 1 unspecified atom stereocenters. The molecule has 1 amide bonds. The van der Waals surface area contributed by atoms with Gasteiger partial charge < -0.3 is 5.32 Å². The molecule has 22 heavy (non-hydrogen) atoms. The first-order chi connectivity index (χ1) is 10.5. The summed E-state index contributed by atoms with van der Waals surface area (Å²) in [6, 6.07) is 14.1. The van der Waals surface area contributed by atoms with Gasteiger partial charge in [0, 0.05) is 17.0 Å². The number of carbonyl (C=O) groups excluding carboxylic acids is 1. The Kier molecular flexibility index (Phi) is 5.16. The minimum Gasteiger partial charge on any atom is -0.325 e. The van der Waals surface area contributed by atoms with Gasteiger partial charge in [0.15, 0.2) is 0 Å². The van der Waals surface area contributed by atoms with E-state index in [4.69, 9.17) is 0 Å². The summed E-state index contributed by atoms with van der Waals surface area (Å²) in [6.45, 7) is 3.61. The summed E-state index contributed by atoms with van der Waals surface area (Å²) >= 11 is 1.44. The van der Waals surface area contributed by atoms with E-state index < -0.39 is 4.92 Å². The van der Waals surface area contributed by atoms with Crippen molar-refractivity contribution in [2.75, 3.05) is 5.32 Å². The molecule has 0 aromatic heterocycles. The lowest BCUT2D eigenvalue weighted by Gasteiger charge is -2.13. The highest BCUT2D eigenvalue weighted by Gasteiger charge is 2.17. The molecule has 0 spiro atoms. The molecule has 2 aromatic rings. The Morgan fingerprint density at radius 2 is 1.91 bits per heavy atom. The van der Waals surface area contributed by atoms with Gasteiger partial charge in [-0.05, 0) is 31.5 Å². The first-order valence-electron chi connectivity index (χ1n) is 6.75. The number of benzene rings is 2. The predicted octanol–water partition coefficient (Wildman–Crippen LogP) is 4.02. The summed E-state index contributed by atoms with van der Waals surface area (Å²) in [6.07, 6.45) is 0. The number of aryl methyl sites for hydroxylation is 1. The quantitative estimate of drug-likeness (QED) is 0.513. The Morgan fingerprint density at radius 1 is 1.23 bits per heavy atom. The number of nitrogens with one attached hydrogen (secondary N) is 1. The van der Waals surface area contributed by atoms with Crippen LogP contribution in [0.15, 0.2) is 53.4 Å². The molecule has 0 heterocycles. The zero-order valence-electron chi connectivity index (χ0n) is 12.3. The summed E-state index contributed by atoms with van der Waals surface area (Å²) in [5.74, 6) is -0.183. The highest BCUT2D eigenvalue weighted by atomic mass is 32.2. The second-order valence-electron chi connectivity index (χ2n) is 4.82. The maximum atomic E-state index is 12.2. The number of nitrogens with zero attached hydrogens (tertiary/aromatic N) is 1. The van der Waals surface area contributed by atoms with Crippen LogP contribution in [0.25, 0.3) is 0 Å². The number of nitro groups is 1. The Labute approximate surface area is 132 Å². The second-order valence-corrected chi connectivity index (χ2v) is 6.23. The van der Waals surface area contributed by atoms with Crippen LogP contribution in [0, 0.1) is 17.0 Å². The van der Waals surface area contributed by atoms with Gasteiger partial charge in [0.25, 0.3) is 5.69 Å². The van der Waals surface area contributed by atoms with Crippen molar-refractivity contribution in [2.45, 2.75) is 24.0 Å². The number of anilines is 1. The highest BCUT2D eigenvalue weighted by molar-refractivity contribution is 8.00. The van der Waals surface area contributed by atoms with Crippen molar-refractivity contribution in [1.82, 2.24) is 0 Å². The van der Waals surface area contributed by atoms with E-state index in [-0.39, 0.29) is 16.8 Å². The fraction of sp³-hybridized carbons (Fsp3) is 0.188. The van der Waals surface area contributed by atoms with Gasteiger partial charge in [-0.15, -0.1) is 11.8 Å². The van der Waals surface area contributed by atoms with E-state index in [1.165, 1.54) is 23.9 Å². The van der Waals surface area contributed by atoms with Gasteiger partial charge in [-0.3, -0.25) is 14.9 Å². The average molecular weight is 316 g/mol. The van der Waals surface area contributed by atoms with Gasteiger partial charge in [0.2, 0.25) is 5.91 Å². The molecule has 1 N–H and O–H groups in total. The van der Waals surface area contributed by atoms with Crippen molar-refractivity contribution >= 4 is 29.0 Å². The number of nitro benzene ring substituents is 1. The van der Waals surface area contributed by atoms with Crippen LogP contribution in [0.1, 0.15) is 12.5 Å². The van der Waals surface area contributed by atoms with E-state index in [0.717, 1.165) is 10.5 Å². The van der Waals surface area contributed by atoms with Crippen LogP contribution >= 0.6 is 11.8 Å². The third-order valence-corrected chi connectivity index (χ3v) is 4.23. The zero-order chi connectivity index (χ0) is 16.1. The van der Waals surface area contributed by atoms with Gasteiger partial charge in [-0.2, -0.15) is 0 Å². The SMILES string of the molecule is Cc1ccc([N+](=O)[O-])cc1NC(=O)C(C)Sc1ccccc1. The average Bonchev–Trinajstić information content (AvgIpc) is 2.50. The zero-order valence-corrected chi connectivity index (χ0v) is 13.1. The molecule has 0 fully saturated rings. The minimum atomic E-state index is -0.475. The summed E-state index contributed by atoms with van der Waals surface area (Å²) < 4.78 is 0. The molecule has 0 saturated heterocycles. The van der Waals surface area contributed by atoms with Crippen LogP contribution < -0.4 is 5.32 Å². The number of non-ortho nitro benzene ring substituents is 1. The van der Waals surface area contributed by atoms with Crippen LogP contribution in [0.3, 0.4) is 0 Å². The number of hydrogen-bond acceptors (Lipinski definition) is 4. The third kappa shape index (κ3) is 4.08. The lowest BCUT2D eigenvalue weighted by atomic mass is 10.2. The topological polar surface area (TPSA) is 72.2 Å². The Hall–Kier alpha value is -2.34. The molecule has 1 atom stereocenters. The van der Waals surface area contributed by atoms with E-state index >= 15 is 0 Å². The van der Waals surface area contributed by atoms with Gasteiger partial charge in [0.05, 0.1) is 15.9 Å². The molecule has 0 aliphatic carbocycles. The molecule has 0 saturated carbocycles. The molecular weight excluding hydrogens is 300 g/mol. The van der Waals surface area contributed by atoms with E-state index in [0.29, 0.717) is 5.69 Å². The number of thioether (sulfide) groups is 1. The van der Waals surface area contributed by atoms with Crippen LogP contribution in [0.5, 0.6) is 0 Å². The van der Waals surface area contributed by atoms with Crippen molar-refractivity contribution in [3.8, 4) is 0 Å². The summed E-state index contributed by atoms with van der Waals surface area (Å²) in [4.78, 5) is 23.6.